The van der Waals surface area contributed by atoms with Crippen molar-refractivity contribution in [2.75, 3.05) is 23.1 Å². The van der Waals surface area contributed by atoms with E-state index in [1.165, 1.54) is 4.68 Å². The zero-order chi connectivity index (χ0) is 14.7. The Hall–Kier alpha value is -2.54. The number of nitrogens with two attached hydrogens (primary N) is 1. The lowest BCUT2D eigenvalue weighted by molar-refractivity contribution is 0.702. The maximum absolute atomic E-state index is 11.8. The number of nitrogens with zero attached hydrogens (tertiary/aromatic N) is 2. The predicted molar refractivity (Wildman–Crippen MR) is 81.3 cm³/mol. The number of aromatic nitrogens is 2. The summed E-state index contributed by atoms with van der Waals surface area (Å²) < 4.78 is 1.30. The van der Waals surface area contributed by atoms with Gasteiger partial charge in [0.15, 0.2) is 0 Å². The summed E-state index contributed by atoms with van der Waals surface area (Å²) in [5.41, 5.74) is 6.24. The van der Waals surface area contributed by atoms with E-state index in [0.717, 1.165) is 17.1 Å². The van der Waals surface area contributed by atoms with E-state index >= 15 is 0 Å². The number of anilines is 4. The monoisotopic (exact) mass is 274 g/mol. The molecule has 20 heavy (non-hydrogen) atoms. The minimum Gasteiger partial charge on any atom is -0.386 e. The smallest absolute Gasteiger partial charge is 0.271 e. The molecule has 0 fully saturated rings. The Morgan fingerprint density at radius 1 is 1.25 bits per heavy atom. The van der Waals surface area contributed by atoms with Gasteiger partial charge < -0.3 is 16.1 Å². The van der Waals surface area contributed by atoms with Gasteiger partial charge >= 0.3 is 0 Å². The molecule has 7 heteroatoms. The van der Waals surface area contributed by atoms with Crippen molar-refractivity contribution in [1.29, 1.82) is 0 Å². The number of aryl methyl sites for hydroxylation is 1. The Morgan fingerprint density at radius 2 is 2.00 bits per heavy atom. The molecule has 7 nitrogen and oxygen atoms in total. The summed E-state index contributed by atoms with van der Waals surface area (Å²) in [6, 6.07) is 5.63. The normalized spacial score (nSPS) is 10.2. The SMILES string of the molecule is CNc1ccc(Nc2cnn(C)c(=O)c2C)cc1NN. The first-order valence-corrected chi connectivity index (χ1v) is 6.15. The fourth-order valence-corrected chi connectivity index (χ4v) is 1.89. The Bertz CT molecular complexity index is 679. The molecule has 0 bridgehead atoms. The van der Waals surface area contributed by atoms with Gasteiger partial charge in [-0.1, -0.05) is 0 Å². The van der Waals surface area contributed by atoms with Crippen LogP contribution in [-0.2, 0) is 7.05 Å². The third kappa shape index (κ3) is 2.57. The summed E-state index contributed by atoms with van der Waals surface area (Å²) in [6.45, 7) is 1.76. The number of hydrazine groups is 1. The first-order chi connectivity index (χ1) is 9.56. The van der Waals surface area contributed by atoms with E-state index < -0.39 is 0 Å². The summed E-state index contributed by atoms with van der Waals surface area (Å²) in [5.74, 6) is 5.48. The van der Waals surface area contributed by atoms with Gasteiger partial charge in [-0.3, -0.25) is 10.6 Å². The largest absolute Gasteiger partial charge is 0.386 e. The van der Waals surface area contributed by atoms with Gasteiger partial charge in [0.25, 0.3) is 5.56 Å². The van der Waals surface area contributed by atoms with Crippen molar-refractivity contribution in [1.82, 2.24) is 9.78 Å². The van der Waals surface area contributed by atoms with Crippen molar-refractivity contribution in [2.45, 2.75) is 6.92 Å². The van der Waals surface area contributed by atoms with Gasteiger partial charge in [0.1, 0.15) is 0 Å². The van der Waals surface area contributed by atoms with E-state index in [0.29, 0.717) is 11.3 Å². The van der Waals surface area contributed by atoms with Crippen molar-refractivity contribution < 1.29 is 0 Å². The number of nitrogen functional groups attached to an aromatic ring is 1. The Labute approximate surface area is 116 Å². The van der Waals surface area contributed by atoms with Crippen molar-refractivity contribution >= 4 is 22.7 Å². The molecule has 0 amide bonds. The standard InChI is InChI=1S/C13H18N6O/c1-8-12(7-16-19(3)13(8)20)17-9-4-5-10(15-2)11(6-9)18-14/h4-7,15,17-18H,14H2,1-3H3. The van der Waals surface area contributed by atoms with Crippen LogP contribution in [0.4, 0.5) is 22.7 Å². The van der Waals surface area contributed by atoms with Gasteiger partial charge in [0.05, 0.1) is 23.3 Å². The first-order valence-electron chi connectivity index (χ1n) is 6.15. The van der Waals surface area contributed by atoms with E-state index in [9.17, 15) is 4.79 Å². The number of benzene rings is 1. The summed E-state index contributed by atoms with van der Waals surface area (Å²) in [5, 5.41) is 10.2. The Balaban J connectivity index is 2.35. The molecule has 0 spiro atoms. The highest BCUT2D eigenvalue weighted by Gasteiger charge is 2.07. The van der Waals surface area contributed by atoms with Gasteiger partial charge in [-0.25, -0.2) is 4.68 Å². The second-order valence-electron chi connectivity index (χ2n) is 4.39. The van der Waals surface area contributed by atoms with Gasteiger partial charge in [0.2, 0.25) is 0 Å². The molecule has 1 heterocycles. The van der Waals surface area contributed by atoms with Crippen LogP contribution >= 0.6 is 0 Å². The van der Waals surface area contributed by atoms with Gasteiger partial charge in [-0.2, -0.15) is 5.10 Å². The molecule has 5 N–H and O–H groups in total. The zero-order valence-electron chi connectivity index (χ0n) is 11.7. The lowest BCUT2D eigenvalue weighted by atomic mass is 10.2. The van der Waals surface area contributed by atoms with E-state index in [1.807, 2.05) is 25.2 Å². The third-order valence-corrected chi connectivity index (χ3v) is 3.10. The lowest BCUT2D eigenvalue weighted by Crippen LogP contribution is -2.22. The number of rotatable bonds is 4. The van der Waals surface area contributed by atoms with Crippen molar-refractivity contribution in [3.63, 3.8) is 0 Å². The van der Waals surface area contributed by atoms with Crippen LogP contribution in [-0.4, -0.2) is 16.8 Å². The minimum atomic E-state index is -0.126. The highest BCUT2D eigenvalue weighted by Crippen LogP contribution is 2.26. The van der Waals surface area contributed by atoms with E-state index in [1.54, 1.807) is 20.2 Å². The molecule has 106 valence electrons. The molecule has 0 saturated heterocycles. The lowest BCUT2D eigenvalue weighted by Gasteiger charge is -2.13. The predicted octanol–water partition coefficient (Wildman–Crippen LogP) is 1.16. The van der Waals surface area contributed by atoms with Crippen molar-refractivity contribution in [3.05, 3.63) is 40.3 Å². The average Bonchev–Trinajstić information content (AvgIpc) is 2.47. The number of hydrogen-bond acceptors (Lipinski definition) is 6. The molecule has 0 atom stereocenters. The molecule has 2 rings (SSSR count). The van der Waals surface area contributed by atoms with Gasteiger partial charge in [0, 0.05) is 25.3 Å². The topological polar surface area (TPSA) is 97.0 Å². The molecule has 0 radical (unpaired) electrons. The van der Waals surface area contributed by atoms with Crippen LogP contribution in [0.3, 0.4) is 0 Å². The molecular weight excluding hydrogens is 256 g/mol. The molecular formula is C13H18N6O. The zero-order valence-corrected chi connectivity index (χ0v) is 11.7. The van der Waals surface area contributed by atoms with Crippen LogP contribution in [0.25, 0.3) is 0 Å². The number of hydrogen-bond donors (Lipinski definition) is 4. The molecule has 0 aliphatic rings. The first kappa shape index (κ1) is 13.9. The molecule has 2 aromatic rings. The summed E-state index contributed by atoms with van der Waals surface area (Å²) in [4.78, 5) is 11.8. The van der Waals surface area contributed by atoms with Crippen LogP contribution in [0, 0.1) is 6.92 Å². The highest BCUT2D eigenvalue weighted by atomic mass is 16.1. The van der Waals surface area contributed by atoms with Crippen LogP contribution in [0.1, 0.15) is 5.56 Å². The molecule has 0 aliphatic carbocycles. The minimum absolute atomic E-state index is 0.126. The van der Waals surface area contributed by atoms with E-state index in [2.05, 4.69) is 21.2 Å². The average molecular weight is 274 g/mol. The third-order valence-electron chi connectivity index (χ3n) is 3.10. The van der Waals surface area contributed by atoms with Gasteiger partial charge in [-0.15, -0.1) is 0 Å². The van der Waals surface area contributed by atoms with Crippen LogP contribution in [0.2, 0.25) is 0 Å². The number of nitrogens with one attached hydrogen (secondary N) is 3. The second kappa shape index (κ2) is 5.62. The quantitative estimate of drug-likeness (QED) is 0.493. The maximum Gasteiger partial charge on any atom is 0.271 e. The Morgan fingerprint density at radius 3 is 2.65 bits per heavy atom. The van der Waals surface area contributed by atoms with Crippen LogP contribution in [0.15, 0.2) is 29.2 Å². The summed E-state index contributed by atoms with van der Waals surface area (Å²) >= 11 is 0. The maximum atomic E-state index is 11.8. The molecule has 1 aromatic carbocycles. The van der Waals surface area contributed by atoms with Crippen LogP contribution < -0.4 is 27.5 Å². The molecule has 0 saturated carbocycles. The van der Waals surface area contributed by atoms with Gasteiger partial charge in [-0.05, 0) is 25.1 Å². The van der Waals surface area contributed by atoms with E-state index in [-0.39, 0.29) is 5.56 Å². The second-order valence-corrected chi connectivity index (χ2v) is 4.39. The van der Waals surface area contributed by atoms with Crippen LogP contribution in [0.5, 0.6) is 0 Å². The molecule has 0 aliphatic heterocycles. The van der Waals surface area contributed by atoms with Crippen molar-refractivity contribution in [2.24, 2.45) is 12.9 Å². The summed E-state index contributed by atoms with van der Waals surface area (Å²) in [6.07, 6.45) is 1.62. The highest BCUT2D eigenvalue weighted by molar-refractivity contribution is 5.75. The Kier molecular flexibility index (Phi) is 3.90. The molecule has 1 aromatic heterocycles. The van der Waals surface area contributed by atoms with E-state index in [4.69, 9.17) is 5.84 Å². The summed E-state index contributed by atoms with van der Waals surface area (Å²) in [7, 11) is 3.44. The van der Waals surface area contributed by atoms with Crippen molar-refractivity contribution in [3.8, 4) is 0 Å². The fraction of sp³-hybridized carbons (Fsp3) is 0.231. The fourth-order valence-electron chi connectivity index (χ4n) is 1.89. The molecule has 0 unspecified atom stereocenters.